The van der Waals surface area contributed by atoms with Crippen LogP contribution in [0.25, 0.3) is 0 Å². The predicted molar refractivity (Wildman–Crippen MR) is 205 cm³/mol. The molecule has 0 aromatic carbocycles. The maximum atomic E-state index is 12.2. The number of aliphatic hydroxyl groups excluding tert-OH is 1. The van der Waals surface area contributed by atoms with Crippen molar-refractivity contribution in [3.63, 3.8) is 0 Å². The van der Waals surface area contributed by atoms with Gasteiger partial charge in [-0.05, 0) is 70.6 Å². The number of carbonyl (C=O) groups is 2. The molecule has 0 fully saturated rings. The lowest BCUT2D eigenvalue weighted by Gasteiger charge is -2.15. The van der Waals surface area contributed by atoms with Crippen molar-refractivity contribution in [3.8, 4) is 0 Å². The van der Waals surface area contributed by atoms with Crippen molar-refractivity contribution in [1.29, 1.82) is 0 Å². The molecule has 0 heterocycles. The number of carbonyl (C=O) groups excluding carboxylic acids is 2. The molecule has 0 radical (unpaired) electrons. The van der Waals surface area contributed by atoms with E-state index >= 15 is 0 Å². The zero-order valence-corrected chi connectivity index (χ0v) is 31.7. The summed E-state index contributed by atoms with van der Waals surface area (Å²) in [5, 5.41) is 9.56. The molecule has 0 spiro atoms. The SMILES string of the molecule is CCCCCC=CCC=CCCCCCCCCCCCC(=O)OC[C@H](CO)OC(=O)CCCCCCCC=CCCCCCCCC. The van der Waals surface area contributed by atoms with E-state index in [1.807, 2.05) is 0 Å². The molecule has 0 aliphatic carbocycles. The Kier molecular flexibility index (Phi) is 38.0. The van der Waals surface area contributed by atoms with Crippen molar-refractivity contribution in [1.82, 2.24) is 0 Å². The van der Waals surface area contributed by atoms with Crippen molar-refractivity contribution >= 4 is 11.9 Å². The van der Waals surface area contributed by atoms with Crippen LogP contribution in [0.5, 0.6) is 0 Å². The fourth-order valence-electron chi connectivity index (χ4n) is 5.75. The van der Waals surface area contributed by atoms with Crippen molar-refractivity contribution in [3.05, 3.63) is 36.5 Å². The molecule has 0 bridgehead atoms. The number of ether oxygens (including phenoxy) is 2. The summed E-state index contributed by atoms with van der Waals surface area (Å²) in [5.41, 5.74) is 0. The van der Waals surface area contributed by atoms with E-state index < -0.39 is 6.10 Å². The van der Waals surface area contributed by atoms with E-state index in [4.69, 9.17) is 9.47 Å². The highest BCUT2D eigenvalue weighted by Crippen LogP contribution is 2.13. The Labute approximate surface area is 297 Å². The van der Waals surface area contributed by atoms with Crippen molar-refractivity contribution in [2.45, 2.75) is 213 Å². The molecule has 0 unspecified atom stereocenters. The molecule has 0 saturated heterocycles. The highest BCUT2D eigenvalue weighted by molar-refractivity contribution is 5.70. The molecular weight excluding hydrogens is 596 g/mol. The van der Waals surface area contributed by atoms with Crippen molar-refractivity contribution < 1.29 is 24.2 Å². The fourth-order valence-corrected chi connectivity index (χ4v) is 5.75. The van der Waals surface area contributed by atoms with Gasteiger partial charge < -0.3 is 14.6 Å². The lowest BCUT2D eigenvalue weighted by molar-refractivity contribution is -0.161. The van der Waals surface area contributed by atoms with E-state index in [1.165, 1.54) is 128 Å². The standard InChI is InChI=1S/C43H78O5/c1-3-5-7-9-11-13-15-17-19-20-21-22-24-25-27-29-31-33-35-37-42(45)47-40-41(39-44)48-43(46)38-36-34-32-30-28-26-23-18-16-14-12-10-8-6-4-2/h11,13,17-19,23,41,44H,3-10,12,14-16,20-22,24-40H2,1-2H3/t41-/m0/s1. The summed E-state index contributed by atoms with van der Waals surface area (Å²) in [5.74, 6) is -0.602. The number of hydrogen-bond acceptors (Lipinski definition) is 5. The third-order valence-corrected chi connectivity index (χ3v) is 8.91. The van der Waals surface area contributed by atoms with Crippen LogP contribution in [0.2, 0.25) is 0 Å². The van der Waals surface area contributed by atoms with Crippen LogP contribution in [0.3, 0.4) is 0 Å². The summed E-state index contributed by atoms with van der Waals surface area (Å²) in [6.45, 7) is 4.10. The molecule has 0 rings (SSSR count). The molecule has 1 N–H and O–H groups in total. The first kappa shape index (κ1) is 46.1. The Bertz CT molecular complexity index is 771. The van der Waals surface area contributed by atoms with Gasteiger partial charge in [0, 0.05) is 12.8 Å². The predicted octanol–water partition coefficient (Wildman–Crippen LogP) is 12.8. The highest BCUT2D eigenvalue weighted by Gasteiger charge is 2.16. The van der Waals surface area contributed by atoms with Crippen LogP contribution in [-0.4, -0.2) is 36.4 Å². The molecule has 5 nitrogen and oxygen atoms in total. The van der Waals surface area contributed by atoms with Gasteiger partial charge in [-0.25, -0.2) is 0 Å². The lowest BCUT2D eigenvalue weighted by atomic mass is 10.1. The maximum absolute atomic E-state index is 12.2. The van der Waals surface area contributed by atoms with Crippen LogP contribution in [0.1, 0.15) is 206 Å². The van der Waals surface area contributed by atoms with Crippen LogP contribution in [0.4, 0.5) is 0 Å². The molecule has 0 aliphatic heterocycles. The van der Waals surface area contributed by atoms with E-state index in [1.54, 1.807) is 0 Å². The summed E-state index contributed by atoms with van der Waals surface area (Å²) >= 11 is 0. The molecule has 5 heteroatoms. The van der Waals surface area contributed by atoms with Crippen LogP contribution in [-0.2, 0) is 19.1 Å². The lowest BCUT2D eigenvalue weighted by Crippen LogP contribution is -2.28. The van der Waals surface area contributed by atoms with E-state index in [2.05, 4.69) is 50.3 Å². The average Bonchev–Trinajstić information content (AvgIpc) is 3.09. The van der Waals surface area contributed by atoms with E-state index in [9.17, 15) is 14.7 Å². The second-order valence-corrected chi connectivity index (χ2v) is 13.7. The summed E-state index contributed by atoms with van der Waals surface area (Å²) in [7, 11) is 0. The molecule has 1 atom stereocenters. The van der Waals surface area contributed by atoms with Gasteiger partial charge in [0.1, 0.15) is 6.61 Å². The van der Waals surface area contributed by atoms with Gasteiger partial charge in [0.2, 0.25) is 0 Å². The summed E-state index contributed by atoms with van der Waals surface area (Å²) in [6, 6.07) is 0. The Balaban J connectivity index is 3.55. The van der Waals surface area contributed by atoms with E-state index in [0.29, 0.717) is 12.8 Å². The molecule has 0 aliphatic rings. The summed E-state index contributed by atoms with van der Waals surface area (Å²) in [4.78, 5) is 24.3. The van der Waals surface area contributed by atoms with Crippen LogP contribution in [0.15, 0.2) is 36.5 Å². The van der Waals surface area contributed by atoms with Crippen LogP contribution >= 0.6 is 0 Å². The van der Waals surface area contributed by atoms with Gasteiger partial charge in [0.25, 0.3) is 0 Å². The number of rotatable bonds is 37. The van der Waals surface area contributed by atoms with Gasteiger partial charge in [-0.3, -0.25) is 9.59 Å². The second kappa shape index (κ2) is 39.6. The zero-order valence-electron chi connectivity index (χ0n) is 31.7. The smallest absolute Gasteiger partial charge is 0.306 e. The minimum absolute atomic E-state index is 0.0700. The number of esters is 2. The Morgan fingerprint density at radius 2 is 0.833 bits per heavy atom. The Hall–Kier alpha value is -1.88. The molecule has 0 amide bonds. The molecule has 0 saturated carbocycles. The van der Waals surface area contributed by atoms with Gasteiger partial charge in [-0.2, -0.15) is 0 Å². The average molecular weight is 675 g/mol. The highest BCUT2D eigenvalue weighted by atomic mass is 16.6. The summed E-state index contributed by atoms with van der Waals surface area (Å²) in [6.07, 6.45) is 47.7. The molecule has 0 aromatic heterocycles. The monoisotopic (exact) mass is 675 g/mol. The molecule has 280 valence electrons. The number of allylic oxidation sites excluding steroid dienone is 6. The Morgan fingerprint density at radius 3 is 1.29 bits per heavy atom. The molecule has 0 aromatic rings. The van der Waals surface area contributed by atoms with Gasteiger partial charge in [0.05, 0.1) is 6.61 Å². The van der Waals surface area contributed by atoms with Gasteiger partial charge in [0.15, 0.2) is 6.10 Å². The maximum Gasteiger partial charge on any atom is 0.306 e. The first-order valence-corrected chi connectivity index (χ1v) is 20.5. The largest absolute Gasteiger partial charge is 0.462 e. The number of aliphatic hydroxyl groups is 1. The number of hydrogen-bond donors (Lipinski definition) is 1. The fraction of sp³-hybridized carbons (Fsp3) is 0.814. The van der Waals surface area contributed by atoms with Gasteiger partial charge in [-0.1, -0.05) is 159 Å². The first-order chi connectivity index (χ1) is 23.6. The third-order valence-electron chi connectivity index (χ3n) is 8.91. The number of unbranched alkanes of at least 4 members (excludes halogenated alkanes) is 23. The topological polar surface area (TPSA) is 72.8 Å². The molecular formula is C43H78O5. The van der Waals surface area contributed by atoms with Crippen LogP contribution in [0, 0.1) is 0 Å². The van der Waals surface area contributed by atoms with E-state index in [0.717, 1.165) is 51.4 Å². The second-order valence-electron chi connectivity index (χ2n) is 13.7. The van der Waals surface area contributed by atoms with Crippen molar-refractivity contribution in [2.24, 2.45) is 0 Å². The third kappa shape index (κ3) is 36.9. The minimum Gasteiger partial charge on any atom is -0.462 e. The Morgan fingerprint density at radius 1 is 0.479 bits per heavy atom. The normalized spacial score (nSPS) is 12.5. The minimum atomic E-state index is -0.775. The zero-order chi connectivity index (χ0) is 35.0. The quantitative estimate of drug-likeness (QED) is 0.0403. The summed E-state index contributed by atoms with van der Waals surface area (Å²) < 4.78 is 10.6. The van der Waals surface area contributed by atoms with Crippen LogP contribution < -0.4 is 0 Å². The molecule has 48 heavy (non-hydrogen) atoms. The first-order valence-electron chi connectivity index (χ1n) is 20.5. The van der Waals surface area contributed by atoms with Gasteiger partial charge in [-0.15, -0.1) is 0 Å². The van der Waals surface area contributed by atoms with Gasteiger partial charge >= 0.3 is 11.9 Å². The van der Waals surface area contributed by atoms with Crippen molar-refractivity contribution in [2.75, 3.05) is 13.2 Å². The van der Waals surface area contributed by atoms with E-state index in [-0.39, 0.29) is 25.2 Å².